The highest BCUT2D eigenvalue weighted by atomic mass is 16.6. The van der Waals surface area contributed by atoms with Crippen molar-refractivity contribution in [1.29, 1.82) is 0 Å². The molecule has 1 aliphatic heterocycles. The van der Waals surface area contributed by atoms with Crippen molar-refractivity contribution in [3.63, 3.8) is 0 Å². The average molecular weight is 364 g/mol. The van der Waals surface area contributed by atoms with Crippen molar-refractivity contribution < 1.29 is 14.3 Å². The molecule has 0 unspecified atom stereocenters. The van der Waals surface area contributed by atoms with Gasteiger partial charge in [0.05, 0.1) is 17.9 Å². The van der Waals surface area contributed by atoms with Gasteiger partial charge in [0.2, 0.25) is 0 Å². The van der Waals surface area contributed by atoms with Crippen LogP contribution in [-0.4, -0.2) is 52.1 Å². The van der Waals surface area contributed by atoms with E-state index in [9.17, 15) is 4.79 Å². The van der Waals surface area contributed by atoms with Gasteiger partial charge in [0.25, 0.3) is 5.91 Å². The van der Waals surface area contributed by atoms with Crippen LogP contribution in [0.2, 0.25) is 0 Å². The number of hydrogen-bond donors (Lipinski definition) is 0. The summed E-state index contributed by atoms with van der Waals surface area (Å²) < 4.78 is 11.6. The number of fused-ring (bicyclic) bond motifs is 1. The second kappa shape index (κ2) is 7.11. The number of aryl methyl sites for hydroxylation is 1. The third-order valence-electron chi connectivity index (χ3n) is 4.36. The minimum absolute atomic E-state index is 0.197. The molecule has 0 N–H and O–H groups in total. The number of benzene rings is 2. The molecule has 0 spiro atoms. The Morgan fingerprint density at radius 1 is 1.11 bits per heavy atom. The van der Waals surface area contributed by atoms with Crippen molar-refractivity contribution in [2.75, 3.05) is 20.2 Å². The van der Waals surface area contributed by atoms with Crippen molar-refractivity contribution in [3.05, 3.63) is 66.0 Å². The third-order valence-corrected chi connectivity index (χ3v) is 4.36. The fraction of sp³-hybridized carbons (Fsp3) is 0.250. The molecule has 7 nitrogen and oxygen atoms in total. The zero-order valence-electron chi connectivity index (χ0n) is 15.2. The maximum Gasteiger partial charge on any atom is 0.276 e. The lowest BCUT2D eigenvalue weighted by atomic mass is 10.2. The molecular formula is C20H20N4O3. The van der Waals surface area contributed by atoms with E-state index in [0.717, 1.165) is 11.4 Å². The smallest absolute Gasteiger partial charge is 0.276 e. The van der Waals surface area contributed by atoms with Crippen LogP contribution < -0.4 is 9.47 Å². The summed E-state index contributed by atoms with van der Waals surface area (Å²) in [6, 6.07) is 17.0. The molecule has 0 saturated heterocycles. The van der Waals surface area contributed by atoms with E-state index in [-0.39, 0.29) is 12.0 Å². The van der Waals surface area contributed by atoms with E-state index in [1.54, 1.807) is 18.9 Å². The Kier molecular flexibility index (Phi) is 4.50. The number of para-hydroxylation sites is 3. The predicted octanol–water partition coefficient (Wildman–Crippen LogP) is 2.49. The fourth-order valence-electron chi connectivity index (χ4n) is 2.98. The van der Waals surface area contributed by atoms with Gasteiger partial charge in [-0.2, -0.15) is 9.90 Å². The summed E-state index contributed by atoms with van der Waals surface area (Å²) in [7, 11) is 1.73. The van der Waals surface area contributed by atoms with Crippen molar-refractivity contribution in [3.8, 4) is 17.2 Å². The largest absolute Gasteiger partial charge is 0.486 e. The van der Waals surface area contributed by atoms with Gasteiger partial charge >= 0.3 is 0 Å². The number of carbonyl (C=O) groups is 1. The van der Waals surface area contributed by atoms with Crippen LogP contribution in [0.1, 0.15) is 16.2 Å². The van der Waals surface area contributed by atoms with Gasteiger partial charge in [-0.25, -0.2) is 0 Å². The summed E-state index contributed by atoms with van der Waals surface area (Å²) in [6.45, 7) is 2.57. The van der Waals surface area contributed by atoms with E-state index in [1.807, 2.05) is 54.6 Å². The van der Waals surface area contributed by atoms with Gasteiger partial charge in [0.1, 0.15) is 6.61 Å². The van der Waals surface area contributed by atoms with Gasteiger partial charge in [-0.05, 0) is 31.2 Å². The lowest BCUT2D eigenvalue weighted by molar-refractivity contribution is 0.0516. The van der Waals surface area contributed by atoms with E-state index in [1.165, 1.54) is 4.80 Å². The molecule has 2 aromatic carbocycles. The van der Waals surface area contributed by atoms with Gasteiger partial charge in [-0.1, -0.05) is 30.3 Å². The Labute approximate surface area is 157 Å². The minimum atomic E-state index is -0.238. The van der Waals surface area contributed by atoms with Crippen LogP contribution in [0.15, 0.2) is 54.6 Å². The molecule has 3 aromatic rings. The number of amides is 1. The molecule has 1 amide bonds. The first kappa shape index (κ1) is 17.1. The summed E-state index contributed by atoms with van der Waals surface area (Å²) in [5.74, 6) is 1.22. The Morgan fingerprint density at radius 3 is 2.59 bits per heavy atom. The van der Waals surface area contributed by atoms with E-state index in [2.05, 4.69) is 10.2 Å². The molecule has 1 aliphatic rings. The molecule has 138 valence electrons. The number of hydrogen-bond acceptors (Lipinski definition) is 5. The molecule has 2 heterocycles. The highest BCUT2D eigenvalue weighted by Crippen LogP contribution is 2.31. The van der Waals surface area contributed by atoms with E-state index >= 15 is 0 Å². The summed E-state index contributed by atoms with van der Waals surface area (Å²) in [5.41, 5.74) is 1.73. The first-order chi connectivity index (χ1) is 13.1. The summed E-state index contributed by atoms with van der Waals surface area (Å²) in [5, 5.41) is 8.74. The summed E-state index contributed by atoms with van der Waals surface area (Å²) in [4.78, 5) is 15.9. The number of rotatable bonds is 4. The second-order valence-electron chi connectivity index (χ2n) is 6.44. The monoisotopic (exact) mass is 364 g/mol. The van der Waals surface area contributed by atoms with Crippen LogP contribution in [0, 0.1) is 6.92 Å². The highest BCUT2D eigenvalue weighted by molar-refractivity contribution is 5.93. The number of aromatic nitrogens is 3. The third kappa shape index (κ3) is 3.48. The van der Waals surface area contributed by atoms with Crippen LogP contribution in [0.25, 0.3) is 5.69 Å². The summed E-state index contributed by atoms with van der Waals surface area (Å²) in [6.07, 6.45) is -0.238. The van der Waals surface area contributed by atoms with Crippen molar-refractivity contribution in [2.45, 2.75) is 13.0 Å². The van der Waals surface area contributed by atoms with Gasteiger partial charge in [0.15, 0.2) is 23.3 Å². The Bertz CT molecular complexity index is 955. The Balaban J connectivity index is 1.46. The SMILES string of the molecule is Cc1nn(-c2ccccc2)nc1C(=O)N(C)C[C@@H]1COc2ccccc2O1. The lowest BCUT2D eigenvalue weighted by Gasteiger charge is -2.29. The van der Waals surface area contributed by atoms with Gasteiger partial charge in [-0.3, -0.25) is 4.79 Å². The molecule has 27 heavy (non-hydrogen) atoms. The molecule has 0 bridgehead atoms. The van der Waals surface area contributed by atoms with Crippen molar-refractivity contribution in [2.24, 2.45) is 0 Å². The number of ether oxygens (including phenoxy) is 2. The maximum absolute atomic E-state index is 12.8. The summed E-state index contributed by atoms with van der Waals surface area (Å²) >= 11 is 0. The quantitative estimate of drug-likeness (QED) is 0.711. The molecule has 1 aromatic heterocycles. The predicted molar refractivity (Wildman–Crippen MR) is 99.4 cm³/mol. The zero-order valence-corrected chi connectivity index (χ0v) is 15.2. The first-order valence-electron chi connectivity index (χ1n) is 8.75. The van der Waals surface area contributed by atoms with Crippen LogP contribution in [-0.2, 0) is 0 Å². The molecular weight excluding hydrogens is 344 g/mol. The molecule has 1 atom stereocenters. The normalized spacial score (nSPS) is 15.4. The molecule has 7 heteroatoms. The Morgan fingerprint density at radius 2 is 1.81 bits per heavy atom. The topological polar surface area (TPSA) is 69.5 Å². The van der Waals surface area contributed by atoms with Crippen LogP contribution in [0.5, 0.6) is 11.5 Å². The standard InChI is InChI=1S/C20H20N4O3/c1-14-19(22-24(21-14)15-8-4-3-5-9-15)20(25)23(2)12-16-13-26-17-10-6-7-11-18(17)27-16/h3-11,16H,12-13H2,1-2H3/t16-/m1/s1. The lowest BCUT2D eigenvalue weighted by Crippen LogP contribution is -2.42. The molecule has 0 aliphatic carbocycles. The fourth-order valence-corrected chi connectivity index (χ4v) is 2.98. The molecule has 0 saturated carbocycles. The van der Waals surface area contributed by atoms with Crippen LogP contribution in [0.3, 0.4) is 0 Å². The van der Waals surface area contributed by atoms with Gasteiger partial charge < -0.3 is 14.4 Å². The molecule has 0 fully saturated rings. The van der Waals surface area contributed by atoms with Gasteiger partial charge in [-0.15, -0.1) is 5.10 Å². The van der Waals surface area contributed by atoms with E-state index < -0.39 is 0 Å². The minimum Gasteiger partial charge on any atom is -0.486 e. The van der Waals surface area contributed by atoms with Crippen molar-refractivity contribution in [1.82, 2.24) is 19.9 Å². The highest BCUT2D eigenvalue weighted by Gasteiger charge is 2.26. The van der Waals surface area contributed by atoms with Crippen LogP contribution >= 0.6 is 0 Å². The van der Waals surface area contributed by atoms with Gasteiger partial charge in [0, 0.05) is 7.05 Å². The maximum atomic E-state index is 12.8. The average Bonchev–Trinajstić information content (AvgIpc) is 3.09. The zero-order chi connectivity index (χ0) is 18.8. The van der Waals surface area contributed by atoms with Crippen molar-refractivity contribution >= 4 is 5.91 Å². The molecule has 4 rings (SSSR count). The Hall–Kier alpha value is -3.35. The van der Waals surface area contributed by atoms with Crippen LogP contribution in [0.4, 0.5) is 0 Å². The number of nitrogens with zero attached hydrogens (tertiary/aromatic N) is 4. The second-order valence-corrected chi connectivity index (χ2v) is 6.44. The van der Waals surface area contributed by atoms with E-state index in [0.29, 0.717) is 30.3 Å². The van der Waals surface area contributed by atoms with E-state index in [4.69, 9.17) is 9.47 Å². The number of carbonyl (C=O) groups excluding carboxylic acids is 1. The first-order valence-corrected chi connectivity index (χ1v) is 8.75. The number of likely N-dealkylation sites (N-methyl/N-ethyl adjacent to an activating group) is 1. The molecule has 0 radical (unpaired) electrons.